The van der Waals surface area contributed by atoms with Crippen molar-refractivity contribution >= 4 is 21.9 Å². The molecule has 3 N–H and O–H groups in total. The van der Waals surface area contributed by atoms with E-state index in [1.165, 1.54) is 25.3 Å². The summed E-state index contributed by atoms with van der Waals surface area (Å²) >= 11 is 0. The van der Waals surface area contributed by atoms with Crippen molar-refractivity contribution < 1.29 is 27.5 Å². The molecule has 0 heterocycles. The van der Waals surface area contributed by atoms with Gasteiger partial charge in [0.2, 0.25) is 10.0 Å². The van der Waals surface area contributed by atoms with E-state index in [4.69, 9.17) is 10.5 Å². The molecule has 0 fully saturated rings. The minimum Gasteiger partial charge on any atom is -0.495 e. The van der Waals surface area contributed by atoms with Gasteiger partial charge in [0, 0.05) is 6.54 Å². The zero-order valence-electron chi connectivity index (χ0n) is 14.0. The zero-order valence-corrected chi connectivity index (χ0v) is 14.8. The standard InChI is InChI=1S/C17H18N2O6S/c1-24-14-4-2-3-5-15(14)26(22,23)19-10-12-6-8-13(9-7-12)17(21)25-11-16(18)20/h2-9,19H,10-11H2,1H3,(H2,18,20). The summed E-state index contributed by atoms with van der Waals surface area (Å²) in [6, 6.07) is 12.4. The first-order valence-electron chi connectivity index (χ1n) is 7.50. The zero-order chi connectivity index (χ0) is 19.2. The molecule has 2 aromatic rings. The molecule has 26 heavy (non-hydrogen) atoms. The summed E-state index contributed by atoms with van der Waals surface area (Å²) in [5, 5.41) is 0. The van der Waals surface area contributed by atoms with E-state index in [1.807, 2.05) is 0 Å². The molecule has 0 aliphatic carbocycles. The maximum absolute atomic E-state index is 12.4. The predicted molar refractivity (Wildman–Crippen MR) is 92.9 cm³/mol. The molecule has 0 aromatic heterocycles. The average Bonchev–Trinajstić information content (AvgIpc) is 2.64. The number of para-hydroxylation sites is 1. The van der Waals surface area contributed by atoms with Crippen LogP contribution in [0.5, 0.6) is 5.75 Å². The number of esters is 1. The number of primary amides is 1. The van der Waals surface area contributed by atoms with Crippen LogP contribution in [0, 0.1) is 0 Å². The smallest absolute Gasteiger partial charge is 0.338 e. The third-order valence-electron chi connectivity index (χ3n) is 3.36. The van der Waals surface area contributed by atoms with E-state index in [1.54, 1.807) is 30.3 Å². The number of amides is 1. The van der Waals surface area contributed by atoms with E-state index in [2.05, 4.69) is 9.46 Å². The second kappa shape index (κ2) is 8.45. The molecule has 2 rings (SSSR count). The molecular formula is C17H18N2O6S. The van der Waals surface area contributed by atoms with Gasteiger partial charge in [-0.2, -0.15) is 0 Å². The van der Waals surface area contributed by atoms with Crippen LogP contribution < -0.4 is 15.2 Å². The Hall–Kier alpha value is -2.91. The molecule has 0 bridgehead atoms. The Bertz CT molecular complexity index is 894. The van der Waals surface area contributed by atoms with E-state index in [-0.39, 0.29) is 22.8 Å². The number of rotatable bonds is 8. The van der Waals surface area contributed by atoms with Gasteiger partial charge in [-0.3, -0.25) is 4.79 Å². The lowest BCUT2D eigenvalue weighted by molar-refractivity contribution is -0.121. The van der Waals surface area contributed by atoms with Gasteiger partial charge >= 0.3 is 5.97 Å². The quantitative estimate of drug-likeness (QED) is 0.655. The van der Waals surface area contributed by atoms with Crippen LogP contribution in [0.1, 0.15) is 15.9 Å². The summed E-state index contributed by atoms with van der Waals surface area (Å²) < 4.78 is 37.0. The minimum atomic E-state index is -3.76. The number of carbonyl (C=O) groups is 2. The number of carbonyl (C=O) groups excluding carboxylic acids is 2. The molecule has 138 valence electrons. The van der Waals surface area contributed by atoms with E-state index >= 15 is 0 Å². The van der Waals surface area contributed by atoms with E-state index in [0.717, 1.165) is 0 Å². The largest absolute Gasteiger partial charge is 0.495 e. The van der Waals surface area contributed by atoms with Crippen molar-refractivity contribution in [3.8, 4) is 5.75 Å². The summed E-state index contributed by atoms with van der Waals surface area (Å²) in [5.74, 6) is -1.20. The number of methoxy groups -OCH3 is 1. The van der Waals surface area contributed by atoms with Gasteiger partial charge in [-0.1, -0.05) is 24.3 Å². The topological polar surface area (TPSA) is 125 Å². The second-order valence-electron chi connectivity index (χ2n) is 5.21. The highest BCUT2D eigenvalue weighted by Crippen LogP contribution is 2.22. The number of ether oxygens (including phenoxy) is 2. The molecule has 0 unspecified atom stereocenters. The van der Waals surface area contributed by atoms with E-state index in [9.17, 15) is 18.0 Å². The lowest BCUT2D eigenvalue weighted by atomic mass is 10.1. The molecule has 0 aliphatic heterocycles. The van der Waals surface area contributed by atoms with Gasteiger partial charge in [-0.25, -0.2) is 17.9 Å². The molecule has 0 atom stereocenters. The Kier molecular flexibility index (Phi) is 6.31. The van der Waals surface area contributed by atoms with Crippen molar-refractivity contribution in [2.75, 3.05) is 13.7 Å². The maximum Gasteiger partial charge on any atom is 0.338 e. The minimum absolute atomic E-state index is 0.0248. The first-order valence-corrected chi connectivity index (χ1v) is 8.99. The third kappa shape index (κ3) is 5.04. The first kappa shape index (κ1) is 19.4. The van der Waals surface area contributed by atoms with Crippen molar-refractivity contribution in [3.63, 3.8) is 0 Å². The molecule has 0 radical (unpaired) electrons. The number of nitrogens with two attached hydrogens (primary N) is 1. The number of nitrogens with one attached hydrogen (secondary N) is 1. The van der Waals surface area contributed by atoms with E-state index in [0.29, 0.717) is 5.56 Å². The van der Waals surface area contributed by atoms with Crippen LogP contribution in [0.2, 0.25) is 0 Å². The van der Waals surface area contributed by atoms with Crippen molar-refractivity contribution in [2.24, 2.45) is 5.73 Å². The van der Waals surface area contributed by atoms with Crippen molar-refractivity contribution in [1.29, 1.82) is 0 Å². The molecule has 0 aliphatic rings. The molecule has 1 amide bonds. The number of sulfonamides is 1. The molecular weight excluding hydrogens is 360 g/mol. The summed E-state index contributed by atoms with van der Waals surface area (Å²) in [5.41, 5.74) is 5.76. The van der Waals surface area contributed by atoms with Gasteiger partial charge in [0.1, 0.15) is 10.6 Å². The van der Waals surface area contributed by atoms with E-state index < -0.39 is 28.5 Å². The molecule has 9 heteroatoms. The Labute approximate surface area is 151 Å². The molecule has 8 nitrogen and oxygen atoms in total. The number of hydrogen-bond donors (Lipinski definition) is 2. The molecule has 0 saturated carbocycles. The van der Waals surface area contributed by atoms with Crippen molar-refractivity contribution in [2.45, 2.75) is 11.4 Å². The second-order valence-corrected chi connectivity index (χ2v) is 6.95. The van der Waals surface area contributed by atoms with Gasteiger partial charge in [0.25, 0.3) is 5.91 Å². The predicted octanol–water partition coefficient (Wildman–Crippen LogP) is 0.816. The normalized spacial score (nSPS) is 11.0. The molecule has 2 aromatic carbocycles. The van der Waals surface area contributed by atoms with Crippen LogP contribution >= 0.6 is 0 Å². The summed E-state index contributed by atoms with van der Waals surface area (Å²) in [6.07, 6.45) is 0. The van der Waals surface area contributed by atoms with Gasteiger partial charge in [-0.15, -0.1) is 0 Å². The van der Waals surface area contributed by atoms with Crippen LogP contribution in [0.25, 0.3) is 0 Å². The fourth-order valence-electron chi connectivity index (χ4n) is 2.08. The highest BCUT2D eigenvalue weighted by Gasteiger charge is 2.18. The molecule has 0 spiro atoms. The average molecular weight is 378 g/mol. The van der Waals surface area contributed by atoms with Crippen LogP contribution in [0.15, 0.2) is 53.4 Å². The fraction of sp³-hybridized carbons (Fsp3) is 0.176. The third-order valence-corrected chi connectivity index (χ3v) is 4.80. The monoisotopic (exact) mass is 378 g/mol. The number of benzene rings is 2. The summed E-state index contributed by atoms with van der Waals surface area (Å²) in [6.45, 7) is -0.476. The maximum atomic E-state index is 12.4. The van der Waals surface area contributed by atoms with Crippen LogP contribution in [0.4, 0.5) is 0 Å². The highest BCUT2D eigenvalue weighted by molar-refractivity contribution is 7.89. The van der Waals surface area contributed by atoms with Crippen molar-refractivity contribution in [3.05, 3.63) is 59.7 Å². The Morgan fingerprint density at radius 1 is 1.08 bits per heavy atom. The van der Waals surface area contributed by atoms with Gasteiger partial charge in [-0.05, 0) is 29.8 Å². The Balaban J connectivity index is 2.03. The van der Waals surface area contributed by atoms with Gasteiger partial charge in [0.15, 0.2) is 6.61 Å². The van der Waals surface area contributed by atoms with Crippen LogP contribution in [-0.4, -0.2) is 34.0 Å². The summed E-state index contributed by atoms with van der Waals surface area (Å²) in [4.78, 5) is 22.3. The lowest BCUT2D eigenvalue weighted by Crippen LogP contribution is -2.23. The van der Waals surface area contributed by atoms with Crippen molar-refractivity contribution in [1.82, 2.24) is 4.72 Å². The van der Waals surface area contributed by atoms with Crippen LogP contribution in [-0.2, 0) is 26.1 Å². The van der Waals surface area contributed by atoms with Gasteiger partial charge in [0.05, 0.1) is 12.7 Å². The first-order chi connectivity index (χ1) is 12.3. The Morgan fingerprint density at radius 3 is 2.35 bits per heavy atom. The lowest BCUT2D eigenvalue weighted by Gasteiger charge is -2.10. The number of hydrogen-bond acceptors (Lipinski definition) is 6. The highest BCUT2D eigenvalue weighted by atomic mass is 32.2. The fourth-order valence-corrected chi connectivity index (χ4v) is 3.26. The Morgan fingerprint density at radius 2 is 1.73 bits per heavy atom. The van der Waals surface area contributed by atoms with Crippen LogP contribution in [0.3, 0.4) is 0 Å². The SMILES string of the molecule is COc1ccccc1S(=O)(=O)NCc1ccc(C(=O)OCC(N)=O)cc1. The van der Waals surface area contributed by atoms with Gasteiger partial charge < -0.3 is 15.2 Å². The summed E-state index contributed by atoms with van der Waals surface area (Å²) in [7, 11) is -2.37. The molecule has 0 saturated heterocycles.